The third-order valence-electron chi connectivity index (χ3n) is 3.84. The monoisotopic (exact) mass is 336 g/mol. The van der Waals surface area contributed by atoms with E-state index in [-0.39, 0.29) is 23.7 Å². The SMILES string of the molecule is O=C(/C=C/c1ccc2c(c1)OCO2)c1c(O)ccc2ccc(=O)oc12. The summed E-state index contributed by atoms with van der Waals surface area (Å²) in [5, 5.41) is 10.6. The smallest absolute Gasteiger partial charge is 0.336 e. The molecule has 0 fully saturated rings. The first-order valence-corrected chi connectivity index (χ1v) is 7.50. The van der Waals surface area contributed by atoms with E-state index in [4.69, 9.17) is 13.9 Å². The molecule has 1 aliphatic rings. The average molecular weight is 336 g/mol. The Morgan fingerprint density at radius 1 is 1.04 bits per heavy atom. The van der Waals surface area contributed by atoms with Crippen LogP contribution in [0.4, 0.5) is 0 Å². The molecule has 0 saturated heterocycles. The summed E-state index contributed by atoms with van der Waals surface area (Å²) in [6, 6.07) is 11.0. The molecular weight excluding hydrogens is 324 g/mol. The molecule has 1 aliphatic heterocycles. The van der Waals surface area contributed by atoms with Gasteiger partial charge in [0.2, 0.25) is 6.79 Å². The van der Waals surface area contributed by atoms with Gasteiger partial charge in [-0.25, -0.2) is 4.79 Å². The Bertz CT molecular complexity index is 1080. The number of ether oxygens (including phenoxy) is 2. The molecule has 1 N–H and O–H groups in total. The molecule has 0 unspecified atom stereocenters. The van der Waals surface area contributed by atoms with Gasteiger partial charge in [0.05, 0.1) is 0 Å². The number of carbonyl (C=O) groups excluding carboxylic acids is 1. The number of phenols is 1. The molecule has 25 heavy (non-hydrogen) atoms. The largest absolute Gasteiger partial charge is 0.507 e. The molecular formula is C19H12O6. The minimum absolute atomic E-state index is 0.0489. The first-order chi connectivity index (χ1) is 12.1. The van der Waals surface area contributed by atoms with Crippen LogP contribution in [0.25, 0.3) is 17.0 Å². The number of fused-ring (bicyclic) bond motifs is 2. The van der Waals surface area contributed by atoms with Crippen molar-refractivity contribution in [1.82, 2.24) is 0 Å². The van der Waals surface area contributed by atoms with Crippen LogP contribution in [-0.4, -0.2) is 17.7 Å². The lowest BCUT2D eigenvalue weighted by atomic mass is 10.0. The lowest BCUT2D eigenvalue weighted by molar-refractivity contribution is 0.104. The Kier molecular flexibility index (Phi) is 3.50. The highest BCUT2D eigenvalue weighted by Gasteiger charge is 2.16. The topological polar surface area (TPSA) is 86.0 Å². The fourth-order valence-corrected chi connectivity index (χ4v) is 2.63. The van der Waals surface area contributed by atoms with E-state index in [1.54, 1.807) is 36.4 Å². The normalized spacial score (nSPS) is 12.8. The third kappa shape index (κ3) is 2.74. The van der Waals surface area contributed by atoms with Crippen molar-refractivity contribution in [2.24, 2.45) is 0 Å². The molecule has 3 aromatic rings. The number of hydrogen-bond donors (Lipinski definition) is 1. The van der Waals surface area contributed by atoms with Gasteiger partial charge in [0.15, 0.2) is 22.9 Å². The first kappa shape index (κ1) is 15.0. The Balaban J connectivity index is 1.71. The Morgan fingerprint density at radius 3 is 2.72 bits per heavy atom. The fourth-order valence-electron chi connectivity index (χ4n) is 2.63. The van der Waals surface area contributed by atoms with Crippen molar-refractivity contribution in [3.8, 4) is 17.2 Å². The van der Waals surface area contributed by atoms with E-state index in [0.29, 0.717) is 16.9 Å². The summed E-state index contributed by atoms with van der Waals surface area (Å²) in [4.78, 5) is 24.0. The molecule has 1 aromatic heterocycles. The van der Waals surface area contributed by atoms with Gasteiger partial charge in [0, 0.05) is 11.5 Å². The second-order valence-electron chi connectivity index (χ2n) is 5.44. The molecule has 124 valence electrons. The first-order valence-electron chi connectivity index (χ1n) is 7.50. The van der Waals surface area contributed by atoms with Gasteiger partial charge in [-0.15, -0.1) is 0 Å². The zero-order valence-corrected chi connectivity index (χ0v) is 12.9. The number of phenolic OH excluding ortho intramolecular Hbond substituents is 1. The molecule has 0 bridgehead atoms. The lowest BCUT2D eigenvalue weighted by Gasteiger charge is -2.04. The molecule has 0 saturated carbocycles. The predicted molar refractivity (Wildman–Crippen MR) is 90.1 cm³/mol. The number of ketones is 1. The number of rotatable bonds is 3. The zero-order chi connectivity index (χ0) is 17.4. The van der Waals surface area contributed by atoms with Gasteiger partial charge in [0.25, 0.3) is 0 Å². The van der Waals surface area contributed by atoms with E-state index >= 15 is 0 Å². The van der Waals surface area contributed by atoms with Crippen molar-refractivity contribution in [2.75, 3.05) is 6.79 Å². The summed E-state index contributed by atoms with van der Waals surface area (Å²) >= 11 is 0. The number of carbonyl (C=O) groups is 1. The Morgan fingerprint density at radius 2 is 1.84 bits per heavy atom. The highest BCUT2D eigenvalue weighted by Crippen LogP contribution is 2.33. The summed E-state index contributed by atoms with van der Waals surface area (Å²) in [6.45, 7) is 0.171. The lowest BCUT2D eigenvalue weighted by Crippen LogP contribution is -2.01. The maximum absolute atomic E-state index is 12.5. The second-order valence-corrected chi connectivity index (χ2v) is 5.44. The van der Waals surface area contributed by atoms with E-state index in [2.05, 4.69) is 0 Å². The molecule has 0 aliphatic carbocycles. The molecule has 4 rings (SSSR count). The van der Waals surface area contributed by atoms with Crippen molar-refractivity contribution < 1.29 is 23.8 Å². The predicted octanol–water partition coefficient (Wildman–Crippen LogP) is 3.12. The van der Waals surface area contributed by atoms with E-state index in [0.717, 1.165) is 5.56 Å². The molecule has 6 heteroatoms. The highest BCUT2D eigenvalue weighted by atomic mass is 16.7. The summed E-state index contributed by atoms with van der Waals surface area (Å²) < 4.78 is 15.6. The van der Waals surface area contributed by atoms with Crippen LogP contribution in [0, 0.1) is 0 Å². The van der Waals surface area contributed by atoms with Crippen LogP contribution in [0.5, 0.6) is 17.2 Å². The van der Waals surface area contributed by atoms with Gasteiger partial charge < -0.3 is 19.0 Å². The summed E-state index contributed by atoms with van der Waals surface area (Å²) in [5.74, 6) is 0.530. The van der Waals surface area contributed by atoms with Crippen LogP contribution in [-0.2, 0) is 0 Å². The van der Waals surface area contributed by atoms with Gasteiger partial charge in [-0.3, -0.25) is 4.79 Å². The van der Waals surface area contributed by atoms with Gasteiger partial charge in [-0.1, -0.05) is 12.1 Å². The van der Waals surface area contributed by atoms with Crippen molar-refractivity contribution in [1.29, 1.82) is 0 Å². The van der Waals surface area contributed by atoms with Crippen molar-refractivity contribution in [3.63, 3.8) is 0 Å². The van der Waals surface area contributed by atoms with Crippen LogP contribution < -0.4 is 15.1 Å². The molecule has 2 aromatic carbocycles. The zero-order valence-electron chi connectivity index (χ0n) is 12.9. The molecule has 0 radical (unpaired) electrons. The van der Waals surface area contributed by atoms with E-state index in [9.17, 15) is 14.7 Å². The second kappa shape index (κ2) is 5.83. The third-order valence-corrected chi connectivity index (χ3v) is 3.84. The maximum atomic E-state index is 12.5. The van der Waals surface area contributed by atoms with E-state index in [1.165, 1.54) is 18.2 Å². The summed E-state index contributed by atoms with van der Waals surface area (Å²) in [7, 11) is 0. The minimum Gasteiger partial charge on any atom is -0.507 e. The molecule has 2 heterocycles. The molecule has 0 amide bonds. The van der Waals surface area contributed by atoms with Gasteiger partial charge in [-0.05, 0) is 42.0 Å². The molecule has 0 spiro atoms. The van der Waals surface area contributed by atoms with Crippen LogP contribution in [0.1, 0.15) is 15.9 Å². The van der Waals surface area contributed by atoms with Crippen LogP contribution in [0.2, 0.25) is 0 Å². The Hall–Kier alpha value is -3.54. The average Bonchev–Trinajstić information content (AvgIpc) is 3.07. The standard InChI is InChI=1S/C19H12O6/c20-13(5-1-11-2-7-15-16(9-11)24-10-23-15)18-14(21)6-3-12-4-8-17(22)25-19(12)18/h1-9,21H,10H2/b5-1+. The number of hydrogen-bond acceptors (Lipinski definition) is 6. The van der Waals surface area contributed by atoms with Crippen molar-refractivity contribution in [3.05, 3.63) is 70.1 Å². The van der Waals surface area contributed by atoms with Gasteiger partial charge in [-0.2, -0.15) is 0 Å². The molecule has 0 atom stereocenters. The summed E-state index contributed by atoms with van der Waals surface area (Å²) in [6.07, 6.45) is 2.89. The highest BCUT2D eigenvalue weighted by molar-refractivity contribution is 6.15. The minimum atomic E-state index is -0.591. The van der Waals surface area contributed by atoms with Gasteiger partial charge >= 0.3 is 5.63 Å². The molecule has 6 nitrogen and oxygen atoms in total. The van der Waals surface area contributed by atoms with Crippen molar-refractivity contribution in [2.45, 2.75) is 0 Å². The number of allylic oxidation sites excluding steroid dienone is 1. The fraction of sp³-hybridized carbons (Fsp3) is 0.0526. The van der Waals surface area contributed by atoms with Crippen LogP contribution in [0.15, 0.2) is 57.8 Å². The van der Waals surface area contributed by atoms with Crippen LogP contribution in [0.3, 0.4) is 0 Å². The quantitative estimate of drug-likeness (QED) is 0.449. The number of aromatic hydroxyl groups is 1. The van der Waals surface area contributed by atoms with E-state index < -0.39 is 11.4 Å². The number of benzene rings is 2. The Labute approximate surface area is 141 Å². The maximum Gasteiger partial charge on any atom is 0.336 e. The van der Waals surface area contributed by atoms with E-state index in [1.807, 2.05) is 0 Å². The van der Waals surface area contributed by atoms with Crippen molar-refractivity contribution >= 4 is 22.8 Å². The summed E-state index contributed by atoms with van der Waals surface area (Å²) in [5.41, 5.74) is 0.158. The van der Waals surface area contributed by atoms with Gasteiger partial charge in [0.1, 0.15) is 11.3 Å². The van der Waals surface area contributed by atoms with Crippen LogP contribution >= 0.6 is 0 Å².